The summed E-state index contributed by atoms with van der Waals surface area (Å²) in [5, 5.41) is 12.0. The zero-order valence-electron chi connectivity index (χ0n) is 15.5. The van der Waals surface area contributed by atoms with Gasteiger partial charge in [-0.3, -0.25) is 9.59 Å². The summed E-state index contributed by atoms with van der Waals surface area (Å²) in [6, 6.07) is 24.5. The lowest BCUT2D eigenvalue weighted by molar-refractivity contribution is -0.147. The molecule has 4 nitrogen and oxygen atoms in total. The molecule has 3 atom stereocenters. The second-order valence-corrected chi connectivity index (χ2v) is 6.96. The molecule has 1 aliphatic carbocycles. The van der Waals surface area contributed by atoms with Gasteiger partial charge in [0, 0.05) is 11.5 Å². The van der Waals surface area contributed by atoms with Crippen molar-refractivity contribution >= 4 is 22.5 Å². The lowest BCUT2D eigenvalue weighted by Crippen LogP contribution is -2.23. The normalized spacial score (nSPS) is 23.0. The van der Waals surface area contributed by atoms with Crippen LogP contribution >= 0.6 is 0 Å². The molecule has 0 spiro atoms. The zero-order valence-corrected chi connectivity index (χ0v) is 15.5. The third-order valence-corrected chi connectivity index (χ3v) is 5.50. The van der Waals surface area contributed by atoms with Gasteiger partial charge in [-0.25, -0.2) is 0 Å². The van der Waals surface area contributed by atoms with Crippen molar-refractivity contribution in [1.82, 2.24) is 0 Å². The maximum atomic E-state index is 13.3. The molecule has 3 aromatic rings. The number of ether oxygens (including phenoxy) is 1. The third-order valence-electron chi connectivity index (χ3n) is 5.50. The van der Waals surface area contributed by atoms with Gasteiger partial charge < -0.3 is 4.74 Å². The molecule has 0 bridgehead atoms. The van der Waals surface area contributed by atoms with Crippen LogP contribution in [-0.4, -0.2) is 18.4 Å². The molecule has 4 heteroatoms. The fraction of sp³-hybridized carbons (Fsp3) is 0.208. The van der Waals surface area contributed by atoms with Crippen LogP contribution in [0.1, 0.15) is 28.8 Å². The van der Waals surface area contributed by atoms with Gasteiger partial charge in [-0.2, -0.15) is 5.26 Å². The molecular formula is C24H19NO3. The van der Waals surface area contributed by atoms with Crippen molar-refractivity contribution in [1.29, 1.82) is 5.26 Å². The van der Waals surface area contributed by atoms with E-state index in [4.69, 9.17) is 4.74 Å². The minimum atomic E-state index is -1.49. The number of nitrogens with zero attached hydrogens (tertiary/aromatic N) is 1. The molecule has 0 N–H and O–H groups in total. The Balaban J connectivity index is 1.86. The van der Waals surface area contributed by atoms with E-state index in [0.717, 1.165) is 16.3 Å². The Labute approximate surface area is 163 Å². The van der Waals surface area contributed by atoms with Gasteiger partial charge in [0.15, 0.2) is 11.2 Å². The molecular weight excluding hydrogens is 350 g/mol. The smallest absolute Gasteiger partial charge is 0.327 e. The van der Waals surface area contributed by atoms with E-state index in [1.807, 2.05) is 48.5 Å². The van der Waals surface area contributed by atoms with Gasteiger partial charge in [-0.15, -0.1) is 0 Å². The first-order chi connectivity index (χ1) is 13.6. The summed E-state index contributed by atoms with van der Waals surface area (Å²) in [4.78, 5) is 26.1. The highest BCUT2D eigenvalue weighted by Gasteiger charge is 2.75. The summed E-state index contributed by atoms with van der Waals surface area (Å²) < 4.78 is 5.23. The number of hydrogen-bond donors (Lipinski definition) is 0. The Kier molecular flexibility index (Phi) is 4.44. The first-order valence-electron chi connectivity index (χ1n) is 9.30. The van der Waals surface area contributed by atoms with E-state index in [0.29, 0.717) is 5.56 Å². The summed E-state index contributed by atoms with van der Waals surface area (Å²) in [5.41, 5.74) is -0.159. The number of carbonyl (C=O) groups is 2. The van der Waals surface area contributed by atoms with Crippen LogP contribution in [0, 0.1) is 22.7 Å². The summed E-state index contributed by atoms with van der Waals surface area (Å²) in [6.07, 6.45) is 0. The Morgan fingerprint density at radius 1 is 1.00 bits per heavy atom. The van der Waals surface area contributed by atoms with E-state index < -0.39 is 23.2 Å². The number of benzene rings is 3. The first kappa shape index (κ1) is 17.9. The summed E-state index contributed by atoms with van der Waals surface area (Å²) >= 11 is 0. The molecule has 0 heterocycles. The highest BCUT2D eigenvalue weighted by Crippen LogP contribution is 2.67. The zero-order chi connectivity index (χ0) is 19.7. The molecule has 0 radical (unpaired) electrons. The van der Waals surface area contributed by atoms with Crippen LogP contribution in [0.25, 0.3) is 10.8 Å². The first-order valence-corrected chi connectivity index (χ1v) is 9.30. The van der Waals surface area contributed by atoms with Crippen LogP contribution in [0.15, 0.2) is 72.8 Å². The lowest BCUT2D eigenvalue weighted by Gasteiger charge is -2.10. The SMILES string of the molecule is CCOC(=O)[C@]1(C#N)[C@H](C(=O)c2ccccc2)[C@H]1c1cccc2ccccc12. The predicted molar refractivity (Wildman–Crippen MR) is 106 cm³/mol. The second-order valence-electron chi connectivity index (χ2n) is 6.96. The Bertz CT molecular complexity index is 1090. The summed E-state index contributed by atoms with van der Waals surface area (Å²) in [5.74, 6) is -2.11. The van der Waals surface area contributed by atoms with E-state index in [9.17, 15) is 14.9 Å². The van der Waals surface area contributed by atoms with Gasteiger partial charge in [-0.1, -0.05) is 72.8 Å². The molecule has 1 fully saturated rings. The topological polar surface area (TPSA) is 67.2 Å². The number of nitriles is 1. The van der Waals surface area contributed by atoms with E-state index in [2.05, 4.69) is 6.07 Å². The predicted octanol–water partition coefficient (Wildman–Crippen LogP) is 4.51. The molecule has 1 saturated carbocycles. The van der Waals surface area contributed by atoms with Crippen LogP contribution in [-0.2, 0) is 9.53 Å². The van der Waals surface area contributed by atoms with E-state index in [1.54, 1.807) is 31.2 Å². The molecule has 3 aromatic carbocycles. The third kappa shape index (κ3) is 2.59. The molecule has 1 aliphatic rings. The van der Waals surface area contributed by atoms with Crippen molar-refractivity contribution in [2.75, 3.05) is 6.61 Å². The molecule has 4 rings (SSSR count). The Hall–Kier alpha value is -3.45. The van der Waals surface area contributed by atoms with E-state index >= 15 is 0 Å². The number of rotatable bonds is 5. The molecule has 0 unspecified atom stereocenters. The number of fused-ring (bicyclic) bond motifs is 1. The minimum absolute atomic E-state index is 0.163. The fourth-order valence-corrected chi connectivity index (χ4v) is 4.16. The standard InChI is InChI=1S/C24H19NO3/c1-2-28-23(27)24(15-25)20(21(24)22(26)17-10-4-3-5-11-17)19-14-8-12-16-9-6-7-13-18(16)19/h3-14,20-21H,2H2,1H3/t20-,21+,24+/m1/s1. The van der Waals surface area contributed by atoms with Crippen molar-refractivity contribution in [3.05, 3.63) is 83.9 Å². The van der Waals surface area contributed by atoms with Crippen LogP contribution in [0.4, 0.5) is 0 Å². The number of ketones is 1. The molecule has 138 valence electrons. The van der Waals surface area contributed by atoms with E-state index in [-0.39, 0.29) is 12.4 Å². The summed E-state index contributed by atoms with van der Waals surface area (Å²) in [6.45, 7) is 1.86. The van der Waals surface area contributed by atoms with Crippen molar-refractivity contribution in [2.45, 2.75) is 12.8 Å². The van der Waals surface area contributed by atoms with Gasteiger partial charge in [0.1, 0.15) is 0 Å². The van der Waals surface area contributed by atoms with Crippen LogP contribution in [0.3, 0.4) is 0 Å². The molecule has 0 aliphatic heterocycles. The summed E-state index contributed by atoms with van der Waals surface area (Å²) in [7, 11) is 0. The van der Waals surface area contributed by atoms with Crippen LogP contribution < -0.4 is 0 Å². The van der Waals surface area contributed by atoms with Crippen LogP contribution in [0.5, 0.6) is 0 Å². The largest absolute Gasteiger partial charge is 0.465 e. The fourth-order valence-electron chi connectivity index (χ4n) is 4.16. The number of carbonyl (C=O) groups excluding carboxylic acids is 2. The average Bonchev–Trinajstić information content (AvgIpc) is 3.43. The van der Waals surface area contributed by atoms with Crippen molar-refractivity contribution in [2.24, 2.45) is 11.3 Å². The number of Topliss-reactive ketones (excluding diaryl/α,β-unsaturated/α-hetero) is 1. The molecule has 28 heavy (non-hydrogen) atoms. The quantitative estimate of drug-likeness (QED) is 0.490. The minimum Gasteiger partial charge on any atom is -0.465 e. The van der Waals surface area contributed by atoms with Crippen molar-refractivity contribution in [3.8, 4) is 6.07 Å². The van der Waals surface area contributed by atoms with Gasteiger partial charge in [0.05, 0.1) is 18.6 Å². The maximum Gasteiger partial charge on any atom is 0.327 e. The molecule has 0 aromatic heterocycles. The Morgan fingerprint density at radius 3 is 2.39 bits per heavy atom. The highest BCUT2D eigenvalue weighted by atomic mass is 16.5. The highest BCUT2D eigenvalue weighted by molar-refractivity contribution is 6.08. The van der Waals surface area contributed by atoms with E-state index in [1.165, 1.54) is 0 Å². The average molecular weight is 369 g/mol. The molecule has 0 saturated heterocycles. The molecule has 0 amide bonds. The Morgan fingerprint density at radius 2 is 1.68 bits per heavy atom. The maximum absolute atomic E-state index is 13.3. The number of hydrogen-bond acceptors (Lipinski definition) is 4. The van der Waals surface area contributed by atoms with Gasteiger partial charge in [0.25, 0.3) is 0 Å². The monoisotopic (exact) mass is 369 g/mol. The van der Waals surface area contributed by atoms with Gasteiger partial charge in [0.2, 0.25) is 0 Å². The van der Waals surface area contributed by atoms with Gasteiger partial charge >= 0.3 is 5.97 Å². The van der Waals surface area contributed by atoms with Crippen molar-refractivity contribution in [3.63, 3.8) is 0 Å². The van der Waals surface area contributed by atoms with Gasteiger partial charge in [-0.05, 0) is 23.3 Å². The second kappa shape index (κ2) is 6.94. The number of esters is 1. The van der Waals surface area contributed by atoms with Crippen molar-refractivity contribution < 1.29 is 14.3 Å². The lowest BCUT2D eigenvalue weighted by atomic mass is 9.96. The van der Waals surface area contributed by atoms with Crippen LogP contribution in [0.2, 0.25) is 0 Å².